The monoisotopic (exact) mass is 424 g/mol. The van der Waals surface area contributed by atoms with Gasteiger partial charge >= 0.3 is 0 Å². The predicted octanol–water partition coefficient (Wildman–Crippen LogP) is 2.80. The molecule has 1 aliphatic rings. The molecule has 0 spiro atoms. The average Bonchev–Trinajstić information content (AvgIpc) is 3.16. The van der Waals surface area contributed by atoms with Crippen LogP contribution in [0.15, 0.2) is 42.3 Å². The Labute approximate surface area is 182 Å². The number of hydrogen-bond donors (Lipinski definition) is 2. The van der Waals surface area contributed by atoms with Crippen LogP contribution in [0.25, 0.3) is 10.9 Å². The predicted molar refractivity (Wildman–Crippen MR) is 117 cm³/mol. The van der Waals surface area contributed by atoms with E-state index in [9.17, 15) is 14.7 Å². The van der Waals surface area contributed by atoms with E-state index in [4.69, 9.17) is 15.9 Å². The summed E-state index contributed by atoms with van der Waals surface area (Å²) in [4.78, 5) is 24.9. The second kappa shape index (κ2) is 10.3. The van der Waals surface area contributed by atoms with E-state index in [1.54, 1.807) is 10.6 Å². The van der Waals surface area contributed by atoms with Gasteiger partial charge in [0.2, 0.25) is 12.2 Å². The Hall–Kier alpha value is -3.08. The number of aromatic nitrogens is 1. The standard InChI is InChI=1S/C24H28N2O5/c1-4-12-25-23(29)22-14-19(18(10-8-13-27)24(31-22)30-5-2)20-15-26(16(3)28)21-11-7-6-9-17(20)21/h1,6-7,9,11,14-15,18-19,24,27H,5,8,10,12-13H2,2-3H3,(H,25,29)/t18-,19-,24+/m0/s1. The van der Waals surface area contributed by atoms with Crippen molar-refractivity contribution in [3.8, 4) is 12.3 Å². The number of para-hydroxylation sites is 1. The first-order valence-electron chi connectivity index (χ1n) is 10.4. The second-order valence-corrected chi connectivity index (χ2v) is 7.41. The van der Waals surface area contributed by atoms with Crippen LogP contribution in [0.5, 0.6) is 0 Å². The fourth-order valence-electron chi connectivity index (χ4n) is 4.07. The number of benzene rings is 1. The van der Waals surface area contributed by atoms with Gasteiger partial charge in [-0.2, -0.15) is 0 Å². The molecule has 0 bridgehead atoms. The summed E-state index contributed by atoms with van der Waals surface area (Å²) in [6.45, 7) is 3.90. The lowest BCUT2D eigenvalue weighted by Crippen LogP contribution is -2.39. The van der Waals surface area contributed by atoms with Gasteiger partial charge in [-0.25, -0.2) is 0 Å². The minimum Gasteiger partial charge on any atom is -0.459 e. The minimum atomic E-state index is -0.669. The van der Waals surface area contributed by atoms with Crippen molar-refractivity contribution in [1.29, 1.82) is 0 Å². The van der Waals surface area contributed by atoms with E-state index in [-0.39, 0.29) is 36.7 Å². The van der Waals surface area contributed by atoms with Crippen molar-refractivity contribution in [3.63, 3.8) is 0 Å². The minimum absolute atomic E-state index is 0.0382. The third kappa shape index (κ3) is 4.82. The molecule has 1 aromatic heterocycles. The molecule has 0 aliphatic carbocycles. The van der Waals surface area contributed by atoms with Gasteiger partial charge in [-0.05, 0) is 37.5 Å². The van der Waals surface area contributed by atoms with Crippen molar-refractivity contribution < 1.29 is 24.2 Å². The highest BCUT2D eigenvalue weighted by Gasteiger charge is 2.39. The van der Waals surface area contributed by atoms with Crippen LogP contribution in [0.2, 0.25) is 0 Å². The first-order valence-corrected chi connectivity index (χ1v) is 10.4. The lowest BCUT2D eigenvalue weighted by atomic mass is 9.80. The molecule has 0 radical (unpaired) electrons. The Balaban J connectivity index is 2.14. The summed E-state index contributed by atoms with van der Waals surface area (Å²) in [6, 6.07) is 7.66. The quantitative estimate of drug-likeness (QED) is 0.636. The first kappa shape index (κ1) is 22.6. The summed E-state index contributed by atoms with van der Waals surface area (Å²) in [5, 5.41) is 13.0. The van der Waals surface area contributed by atoms with Gasteiger partial charge in [-0.1, -0.05) is 24.1 Å². The Kier molecular flexibility index (Phi) is 7.50. The molecule has 0 unspecified atom stereocenters. The van der Waals surface area contributed by atoms with Gasteiger partial charge in [-0.3, -0.25) is 14.2 Å². The number of ether oxygens (including phenoxy) is 2. The van der Waals surface area contributed by atoms with Crippen molar-refractivity contribution in [2.45, 2.75) is 38.9 Å². The van der Waals surface area contributed by atoms with Crippen LogP contribution in [0, 0.1) is 18.3 Å². The molecule has 3 rings (SSSR count). The lowest BCUT2D eigenvalue weighted by Gasteiger charge is -2.36. The summed E-state index contributed by atoms with van der Waals surface area (Å²) in [5.41, 5.74) is 1.71. The van der Waals surface area contributed by atoms with Crippen LogP contribution < -0.4 is 5.32 Å². The molecule has 0 saturated carbocycles. The van der Waals surface area contributed by atoms with Crippen molar-refractivity contribution in [3.05, 3.63) is 47.9 Å². The zero-order valence-corrected chi connectivity index (χ0v) is 17.8. The number of aliphatic hydroxyl groups is 1. The third-order valence-electron chi connectivity index (χ3n) is 5.43. The first-order chi connectivity index (χ1) is 15.0. The number of aliphatic hydroxyl groups excluding tert-OH is 1. The molecule has 0 fully saturated rings. The maximum atomic E-state index is 12.6. The molecule has 2 N–H and O–H groups in total. The maximum absolute atomic E-state index is 12.6. The van der Waals surface area contributed by atoms with E-state index in [0.717, 1.165) is 16.5 Å². The number of fused-ring (bicyclic) bond motifs is 1. The molecule has 2 heterocycles. The molecular formula is C24H28N2O5. The number of amides is 1. The summed E-state index contributed by atoms with van der Waals surface area (Å²) in [6.07, 6.45) is 9.38. The topological polar surface area (TPSA) is 89.8 Å². The van der Waals surface area contributed by atoms with E-state index in [2.05, 4.69) is 11.2 Å². The third-order valence-corrected chi connectivity index (χ3v) is 5.43. The van der Waals surface area contributed by atoms with E-state index < -0.39 is 12.2 Å². The van der Waals surface area contributed by atoms with Crippen molar-refractivity contribution >= 4 is 22.7 Å². The van der Waals surface area contributed by atoms with Crippen molar-refractivity contribution in [2.24, 2.45) is 5.92 Å². The van der Waals surface area contributed by atoms with Crippen molar-refractivity contribution in [2.75, 3.05) is 19.8 Å². The number of nitrogens with one attached hydrogen (secondary N) is 1. The highest BCUT2D eigenvalue weighted by molar-refractivity contribution is 5.95. The Morgan fingerprint density at radius 3 is 2.81 bits per heavy atom. The molecule has 164 valence electrons. The maximum Gasteiger partial charge on any atom is 0.286 e. The summed E-state index contributed by atoms with van der Waals surface area (Å²) in [5.74, 6) is 1.60. The zero-order valence-electron chi connectivity index (χ0n) is 17.8. The number of allylic oxidation sites excluding steroid dienone is 1. The van der Waals surface area contributed by atoms with Crippen LogP contribution in [-0.4, -0.2) is 47.5 Å². The van der Waals surface area contributed by atoms with Crippen molar-refractivity contribution in [1.82, 2.24) is 9.88 Å². The second-order valence-electron chi connectivity index (χ2n) is 7.41. The summed E-state index contributed by atoms with van der Waals surface area (Å²) < 4.78 is 13.4. The van der Waals surface area contributed by atoms with E-state index in [1.165, 1.54) is 6.92 Å². The van der Waals surface area contributed by atoms with Crippen LogP contribution in [0.3, 0.4) is 0 Å². The highest BCUT2D eigenvalue weighted by Crippen LogP contribution is 2.42. The molecule has 7 nitrogen and oxygen atoms in total. The molecule has 0 saturated heterocycles. The van der Waals surface area contributed by atoms with Gasteiger partial charge in [0.1, 0.15) is 0 Å². The van der Waals surface area contributed by atoms with Gasteiger partial charge in [0.15, 0.2) is 5.76 Å². The normalized spacial score (nSPS) is 20.6. The number of terminal acetylenes is 1. The Morgan fingerprint density at radius 1 is 1.35 bits per heavy atom. The molecule has 31 heavy (non-hydrogen) atoms. The number of hydrogen-bond acceptors (Lipinski definition) is 5. The number of nitrogens with zero attached hydrogens (tertiary/aromatic N) is 1. The lowest BCUT2D eigenvalue weighted by molar-refractivity contribution is -0.166. The Morgan fingerprint density at radius 2 is 2.13 bits per heavy atom. The Bertz CT molecular complexity index is 1020. The van der Waals surface area contributed by atoms with E-state index in [1.807, 2.05) is 37.4 Å². The van der Waals surface area contributed by atoms with E-state index in [0.29, 0.717) is 19.4 Å². The molecule has 2 aromatic rings. The van der Waals surface area contributed by atoms with E-state index >= 15 is 0 Å². The largest absolute Gasteiger partial charge is 0.459 e. The molecule has 3 atom stereocenters. The van der Waals surface area contributed by atoms with Gasteiger partial charge in [-0.15, -0.1) is 6.42 Å². The van der Waals surface area contributed by atoms with Crippen LogP contribution in [0.1, 0.15) is 43.0 Å². The number of rotatable bonds is 8. The highest BCUT2D eigenvalue weighted by atomic mass is 16.7. The number of carbonyl (C=O) groups excluding carboxylic acids is 2. The van der Waals surface area contributed by atoms with Crippen LogP contribution in [0.4, 0.5) is 0 Å². The fourth-order valence-corrected chi connectivity index (χ4v) is 4.07. The van der Waals surface area contributed by atoms with Gasteiger partial charge in [0, 0.05) is 43.6 Å². The average molecular weight is 424 g/mol. The number of carbonyl (C=O) groups is 2. The summed E-state index contributed by atoms with van der Waals surface area (Å²) >= 11 is 0. The molecule has 1 aromatic carbocycles. The zero-order chi connectivity index (χ0) is 22.4. The molecule has 1 amide bonds. The van der Waals surface area contributed by atoms with Gasteiger partial charge < -0.3 is 19.9 Å². The fraction of sp³-hybridized carbons (Fsp3) is 0.417. The molecule has 1 aliphatic heterocycles. The van der Waals surface area contributed by atoms with Gasteiger partial charge in [0.25, 0.3) is 5.91 Å². The van der Waals surface area contributed by atoms with Crippen LogP contribution in [-0.2, 0) is 14.3 Å². The smallest absolute Gasteiger partial charge is 0.286 e. The summed E-state index contributed by atoms with van der Waals surface area (Å²) in [7, 11) is 0. The van der Waals surface area contributed by atoms with Gasteiger partial charge in [0.05, 0.1) is 12.1 Å². The molecular weight excluding hydrogens is 396 g/mol. The molecule has 7 heteroatoms. The van der Waals surface area contributed by atoms with Crippen LogP contribution >= 0.6 is 0 Å². The SMILES string of the molecule is C#CCNC(=O)C1=C[C@H](c2cn(C(C)=O)c3ccccc23)[C@H](CCCO)[C@H](OCC)O1.